The van der Waals surface area contributed by atoms with Crippen LogP contribution in [0.5, 0.6) is 0 Å². The third kappa shape index (κ3) is 2.11. The molecular weight excluding hydrogens is 218 g/mol. The summed E-state index contributed by atoms with van der Waals surface area (Å²) < 4.78 is 0. The molecule has 2 unspecified atom stereocenters. The summed E-state index contributed by atoms with van der Waals surface area (Å²) in [6.07, 6.45) is 3.06. The number of halogens is 1. The van der Waals surface area contributed by atoms with Crippen molar-refractivity contribution in [3.8, 4) is 0 Å². The SMILES string of the molecule is NC1CCC(O)(Cc2sccc2Cl)C1. The minimum atomic E-state index is -0.617. The number of hydrogen-bond donors (Lipinski definition) is 2. The van der Waals surface area contributed by atoms with E-state index >= 15 is 0 Å². The van der Waals surface area contributed by atoms with Crippen LogP contribution >= 0.6 is 22.9 Å². The second-order valence-electron chi connectivity index (χ2n) is 4.10. The zero-order valence-electron chi connectivity index (χ0n) is 7.87. The van der Waals surface area contributed by atoms with Crippen LogP contribution < -0.4 is 5.73 Å². The molecule has 2 nitrogen and oxygen atoms in total. The Balaban J connectivity index is 2.07. The fraction of sp³-hybridized carbons (Fsp3) is 0.600. The van der Waals surface area contributed by atoms with Gasteiger partial charge in [0.15, 0.2) is 0 Å². The first-order valence-corrected chi connectivity index (χ1v) is 6.05. The topological polar surface area (TPSA) is 46.2 Å². The summed E-state index contributed by atoms with van der Waals surface area (Å²) in [6.45, 7) is 0. The molecular formula is C10H14ClNOS. The van der Waals surface area contributed by atoms with E-state index in [1.807, 2.05) is 11.4 Å². The lowest BCUT2D eigenvalue weighted by Crippen LogP contribution is -2.30. The van der Waals surface area contributed by atoms with Gasteiger partial charge in [-0.05, 0) is 30.7 Å². The van der Waals surface area contributed by atoms with Crippen LogP contribution in [0.2, 0.25) is 5.02 Å². The molecule has 1 saturated carbocycles. The summed E-state index contributed by atoms with van der Waals surface area (Å²) in [7, 11) is 0. The molecule has 0 amide bonds. The van der Waals surface area contributed by atoms with Gasteiger partial charge < -0.3 is 10.8 Å². The van der Waals surface area contributed by atoms with Crippen LogP contribution in [0.1, 0.15) is 24.1 Å². The van der Waals surface area contributed by atoms with E-state index in [4.69, 9.17) is 17.3 Å². The molecule has 0 aliphatic heterocycles. The fourth-order valence-electron chi connectivity index (χ4n) is 2.06. The average molecular weight is 232 g/mol. The Labute approximate surface area is 92.7 Å². The lowest BCUT2D eigenvalue weighted by atomic mass is 9.97. The van der Waals surface area contributed by atoms with Crippen molar-refractivity contribution in [2.75, 3.05) is 0 Å². The van der Waals surface area contributed by atoms with Gasteiger partial charge in [-0.3, -0.25) is 0 Å². The van der Waals surface area contributed by atoms with Crippen LogP contribution in [-0.2, 0) is 6.42 Å². The zero-order chi connectivity index (χ0) is 10.2. The summed E-state index contributed by atoms with van der Waals surface area (Å²) in [4.78, 5) is 1.07. The van der Waals surface area contributed by atoms with Gasteiger partial charge in [-0.15, -0.1) is 11.3 Å². The van der Waals surface area contributed by atoms with E-state index in [1.165, 1.54) is 0 Å². The third-order valence-corrected chi connectivity index (χ3v) is 4.19. The van der Waals surface area contributed by atoms with Crippen molar-refractivity contribution in [3.05, 3.63) is 21.3 Å². The van der Waals surface area contributed by atoms with Gasteiger partial charge >= 0.3 is 0 Å². The Kier molecular flexibility index (Phi) is 2.84. The quantitative estimate of drug-likeness (QED) is 0.820. The highest BCUT2D eigenvalue weighted by Crippen LogP contribution is 2.35. The van der Waals surface area contributed by atoms with Gasteiger partial charge in [0, 0.05) is 17.3 Å². The van der Waals surface area contributed by atoms with Crippen LogP contribution in [0.3, 0.4) is 0 Å². The first-order chi connectivity index (χ1) is 6.59. The van der Waals surface area contributed by atoms with Crippen LogP contribution in [0.15, 0.2) is 11.4 Å². The second-order valence-corrected chi connectivity index (χ2v) is 5.50. The van der Waals surface area contributed by atoms with E-state index in [9.17, 15) is 5.11 Å². The predicted molar refractivity (Wildman–Crippen MR) is 59.8 cm³/mol. The molecule has 3 N–H and O–H groups in total. The maximum atomic E-state index is 10.2. The van der Waals surface area contributed by atoms with Gasteiger partial charge in [0.2, 0.25) is 0 Å². The van der Waals surface area contributed by atoms with Crippen molar-refractivity contribution in [2.24, 2.45) is 5.73 Å². The van der Waals surface area contributed by atoms with Gasteiger partial charge in [0.05, 0.1) is 10.6 Å². The molecule has 1 aromatic heterocycles. The summed E-state index contributed by atoms with van der Waals surface area (Å²) in [5.41, 5.74) is 5.17. The molecule has 1 aromatic rings. The molecule has 1 heterocycles. The average Bonchev–Trinajstić information content (AvgIpc) is 2.62. The lowest BCUT2D eigenvalue weighted by Gasteiger charge is -2.21. The van der Waals surface area contributed by atoms with Gasteiger partial charge in [0.1, 0.15) is 0 Å². The standard InChI is InChI=1S/C10H14ClNOS/c11-8-2-4-14-9(8)6-10(13)3-1-7(12)5-10/h2,4,7,13H,1,3,5-6,12H2. The molecule has 0 spiro atoms. The molecule has 4 heteroatoms. The highest BCUT2D eigenvalue weighted by molar-refractivity contribution is 7.10. The van der Waals surface area contributed by atoms with Crippen molar-refractivity contribution in [1.82, 2.24) is 0 Å². The summed E-state index contributed by atoms with van der Waals surface area (Å²) in [5.74, 6) is 0. The van der Waals surface area contributed by atoms with E-state index < -0.39 is 5.60 Å². The molecule has 1 aliphatic carbocycles. The largest absolute Gasteiger partial charge is 0.389 e. The molecule has 2 rings (SSSR count). The maximum Gasteiger partial charge on any atom is 0.0711 e. The smallest absolute Gasteiger partial charge is 0.0711 e. The van der Waals surface area contributed by atoms with Crippen molar-refractivity contribution in [3.63, 3.8) is 0 Å². The molecule has 1 aliphatic rings. The van der Waals surface area contributed by atoms with E-state index in [-0.39, 0.29) is 6.04 Å². The zero-order valence-corrected chi connectivity index (χ0v) is 9.44. The normalized spacial score (nSPS) is 32.4. The van der Waals surface area contributed by atoms with Crippen molar-refractivity contribution in [2.45, 2.75) is 37.3 Å². The number of nitrogens with two attached hydrogens (primary N) is 1. The molecule has 2 atom stereocenters. The Morgan fingerprint density at radius 3 is 3.00 bits per heavy atom. The lowest BCUT2D eigenvalue weighted by molar-refractivity contribution is 0.0477. The Bertz CT molecular complexity index is 328. The van der Waals surface area contributed by atoms with Crippen LogP contribution in [0, 0.1) is 0 Å². The monoisotopic (exact) mass is 231 g/mol. The number of thiophene rings is 1. The first kappa shape index (κ1) is 10.4. The van der Waals surface area contributed by atoms with E-state index in [0.717, 1.165) is 22.7 Å². The molecule has 1 fully saturated rings. The fourth-order valence-corrected chi connectivity index (χ4v) is 3.30. The Hall–Kier alpha value is -0.0900. The summed E-state index contributed by atoms with van der Waals surface area (Å²) >= 11 is 7.59. The second kappa shape index (κ2) is 3.81. The Morgan fingerprint density at radius 2 is 2.50 bits per heavy atom. The van der Waals surface area contributed by atoms with Crippen molar-refractivity contribution in [1.29, 1.82) is 0 Å². The molecule has 0 bridgehead atoms. The van der Waals surface area contributed by atoms with Crippen molar-refractivity contribution < 1.29 is 5.11 Å². The minimum absolute atomic E-state index is 0.152. The molecule has 0 saturated heterocycles. The molecule has 0 aromatic carbocycles. The maximum absolute atomic E-state index is 10.2. The first-order valence-electron chi connectivity index (χ1n) is 4.79. The van der Waals surface area contributed by atoms with Gasteiger partial charge in [-0.1, -0.05) is 11.6 Å². The van der Waals surface area contributed by atoms with Crippen LogP contribution in [0.4, 0.5) is 0 Å². The molecule has 0 radical (unpaired) electrons. The summed E-state index contributed by atoms with van der Waals surface area (Å²) in [6, 6.07) is 2.03. The predicted octanol–water partition coefficient (Wildman–Crippen LogP) is 2.19. The third-order valence-electron chi connectivity index (χ3n) is 2.80. The number of hydrogen-bond acceptors (Lipinski definition) is 3. The van der Waals surface area contributed by atoms with E-state index in [1.54, 1.807) is 11.3 Å². The highest BCUT2D eigenvalue weighted by Gasteiger charge is 2.36. The number of rotatable bonds is 2. The summed E-state index contributed by atoms with van der Waals surface area (Å²) in [5, 5.41) is 12.9. The van der Waals surface area contributed by atoms with Crippen molar-refractivity contribution >= 4 is 22.9 Å². The van der Waals surface area contributed by atoms with Crippen LogP contribution in [-0.4, -0.2) is 16.7 Å². The van der Waals surface area contributed by atoms with Gasteiger partial charge in [0.25, 0.3) is 0 Å². The number of aliphatic hydroxyl groups is 1. The van der Waals surface area contributed by atoms with Gasteiger partial charge in [-0.25, -0.2) is 0 Å². The highest BCUT2D eigenvalue weighted by atomic mass is 35.5. The minimum Gasteiger partial charge on any atom is -0.389 e. The molecule has 14 heavy (non-hydrogen) atoms. The molecule has 78 valence electrons. The van der Waals surface area contributed by atoms with E-state index in [2.05, 4.69) is 0 Å². The van der Waals surface area contributed by atoms with E-state index in [0.29, 0.717) is 12.8 Å². The van der Waals surface area contributed by atoms with Gasteiger partial charge in [-0.2, -0.15) is 0 Å². The Morgan fingerprint density at radius 1 is 1.71 bits per heavy atom. The van der Waals surface area contributed by atoms with Crippen LogP contribution in [0.25, 0.3) is 0 Å².